The highest BCUT2D eigenvalue weighted by atomic mass is 35.5. The van der Waals surface area contributed by atoms with Gasteiger partial charge in [0.25, 0.3) is 11.7 Å². The number of halogens is 4. The number of rotatable bonds is 8. The predicted octanol–water partition coefficient (Wildman–Crippen LogP) is 4.67. The minimum Gasteiger partial charge on any atom is -0.348 e. The van der Waals surface area contributed by atoms with Gasteiger partial charge in [0.1, 0.15) is 12.2 Å². The lowest BCUT2D eigenvalue weighted by Gasteiger charge is -2.26. The first-order valence-corrected chi connectivity index (χ1v) is 14.3. The van der Waals surface area contributed by atoms with Crippen LogP contribution in [0.2, 0.25) is 5.02 Å². The van der Waals surface area contributed by atoms with Gasteiger partial charge in [-0.1, -0.05) is 17.7 Å². The fourth-order valence-corrected chi connectivity index (χ4v) is 4.93. The summed E-state index contributed by atoms with van der Waals surface area (Å²) in [5, 5.41) is 17.4. The van der Waals surface area contributed by atoms with E-state index in [1.807, 2.05) is 26.8 Å². The summed E-state index contributed by atoms with van der Waals surface area (Å²) < 4.78 is 51.8. The van der Waals surface area contributed by atoms with Crippen molar-refractivity contribution in [3.8, 4) is 5.82 Å². The van der Waals surface area contributed by atoms with Gasteiger partial charge in [0, 0.05) is 29.3 Å². The Morgan fingerprint density at radius 1 is 1.11 bits per heavy atom. The van der Waals surface area contributed by atoms with Crippen LogP contribution in [0.5, 0.6) is 0 Å². The van der Waals surface area contributed by atoms with E-state index >= 15 is 0 Å². The third-order valence-corrected chi connectivity index (χ3v) is 6.96. The van der Waals surface area contributed by atoms with Crippen LogP contribution < -0.4 is 5.32 Å². The van der Waals surface area contributed by atoms with Crippen LogP contribution in [-0.4, -0.2) is 65.4 Å². The first-order valence-electron chi connectivity index (χ1n) is 14.0. The van der Waals surface area contributed by atoms with Crippen molar-refractivity contribution >= 4 is 23.3 Å². The molecule has 1 saturated heterocycles. The van der Waals surface area contributed by atoms with Crippen LogP contribution in [0.1, 0.15) is 82.5 Å². The molecule has 1 aliphatic rings. The number of benzene rings is 1. The molecule has 1 N–H and O–H groups in total. The molecule has 0 aliphatic carbocycles. The molecule has 0 unspecified atom stereocenters. The fourth-order valence-electron chi connectivity index (χ4n) is 4.73. The number of pyridine rings is 1. The summed E-state index contributed by atoms with van der Waals surface area (Å²) in [7, 11) is 0. The maximum atomic E-state index is 14.0. The summed E-state index contributed by atoms with van der Waals surface area (Å²) in [6, 6.07) is 8.03. The highest BCUT2D eigenvalue weighted by molar-refractivity contribution is 6.32. The van der Waals surface area contributed by atoms with Crippen LogP contribution in [0, 0.1) is 6.92 Å². The molecule has 0 spiro atoms. The standard InChI is InChI=1S/C29H30ClF3N8O4/c1-16-11-17(26-44-9-6-10-45-26)12-20(25(43)35-28(2,3)4)19(16)14-23(42)22-13-18(15-40-38-27(36-39-40)29(31,32)33)37-41(22)24-21(30)7-5-8-34-24/h5,7-8,11-13,26H,6,9-10,14-15H2,1-4H3,(H,35,43). The number of nitrogens with one attached hydrogen (secondary N) is 1. The van der Waals surface area contributed by atoms with Crippen molar-refractivity contribution in [2.24, 2.45) is 0 Å². The molecule has 0 radical (unpaired) electrons. The van der Waals surface area contributed by atoms with Crippen LogP contribution >= 0.6 is 11.6 Å². The number of carbonyl (C=O) groups excluding carboxylic acids is 2. The van der Waals surface area contributed by atoms with Crippen molar-refractivity contribution in [2.45, 2.75) is 65.1 Å². The van der Waals surface area contributed by atoms with Crippen LogP contribution in [-0.2, 0) is 28.6 Å². The highest BCUT2D eigenvalue weighted by Crippen LogP contribution is 2.30. The molecular weight excluding hydrogens is 617 g/mol. The zero-order chi connectivity index (χ0) is 32.5. The van der Waals surface area contributed by atoms with Crippen molar-refractivity contribution in [1.82, 2.24) is 40.3 Å². The summed E-state index contributed by atoms with van der Waals surface area (Å²) in [5.41, 5.74) is 1.67. The average molecular weight is 647 g/mol. The molecule has 45 heavy (non-hydrogen) atoms. The number of Topliss-reactive ketones (excluding diaryl/α,β-unsaturated/α-hetero) is 1. The number of ketones is 1. The lowest BCUT2D eigenvalue weighted by Crippen LogP contribution is -2.41. The van der Waals surface area contributed by atoms with E-state index in [0.29, 0.717) is 29.9 Å². The minimum atomic E-state index is -4.78. The molecule has 1 aliphatic heterocycles. The van der Waals surface area contributed by atoms with Gasteiger partial charge in [-0.15, -0.1) is 10.2 Å². The molecule has 238 valence electrons. The first kappa shape index (κ1) is 32.2. The van der Waals surface area contributed by atoms with E-state index in [1.54, 1.807) is 25.1 Å². The van der Waals surface area contributed by atoms with Gasteiger partial charge in [0.2, 0.25) is 0 Å². The maximum Gasteiger partial charge on any atom is 0.455 e. The van der Waals surface area contributed by atoms with Gasteiger partial charge in [-0.2, -0.15) is 23.1 Å². The number of alkyl halides is 3. The van der Waals surface area contributed by atoms with E-state index in [-0.39, 0.29) is 46.7 Å². The monoisotopic (exact) mass is 646 g/mol. The molecule has 4 heterocycles. The van der Waals surface area contributed by atoms with Gasteiger partial charge in [0.05, 0.1) is 23.9 Å². The molecule has 16 heteroatoms. The molecule has 5 rings (SSSR count). The van der Waals surface area contributed by atoms with Crippen molar-refractivity contribution in [3.63, 3.8) is 0 Å². The Balaban J connectivity index is 1.53. The third kappa shape index (κ3) is 7.54. The Hall–Kier alpha value is -4.21. The van der Waals surface area contributed by atoms with Gasteiger partial charge < -0.3 is 14.8 Å². The number of aromatic nitrogens is 7. The number of hydrogen-bond donors (Lipinski definition) is 1. The number of tetrazole rings is 1. The zero-order valence-electron chi connectivity index (χ0n) is 24.9. The summed E-state index contributed by atoms with van der Waals surface area (Å²) in [5.74, 6) is -2.12. The maximum absolute atomic E-state index is 14.0. The lowest BCUT2D eigenvalue weighted by atomic mass is 9.92. The number of nitrogens with zero attached hydrogens (tertiary/aromatic N) is 7. The quantitative estimate of drug-likeness (QED) is 0.271. The second-order valence-corrected chi connectivity index (χ2v) is 11.9. The smallest absolute Gasteiger partial charge is 0.348 e. The Morgan fingerprint density at radius 2 is 1.84 bits per heavy atom. The normalized spacial score (nSPS) is 14.5. The number of ether oxygens (including phenoxy) is 2. The first-order chi connectivity index (χ1) is 21.2. The van der Waals surface area contributed by atoms with Gasteiger partial charge >= 0.3 is 6.18 Å². The molecule has 1 fully saturated rings. The van der Waals surface area contributed by atoms with Crippen molar-refractivity contribution in [1.29, 1.82) is 0 Å². The molecule has 0 bridgehead atoms. The number of aryl methyl sites for hydroxylation is 1. The van der Waals surface area contributed by atoms with E-state index in [4.69, 9.17) is 21.1 Å². The van der Waals surface area contributed by atoms with Crippen molar-refractivity contribution < 1.29 is 32.2 Å². The Morgan fingerprint density at radius 3 is 2.49 bits per heavy atom. The van der Waals surface area contributed by atoms with Gasteiger partial charge in [-0.05, 0) is 74.7 Å². The number of amides is 1. The van der Waals surface area contributed by atoms with E-state index < -0.39 is 29.6 Å². The largest absolute Gasteiger partial charge is 0.455 e. The Bertz CT molecular complexity index is 1730. The third-order valence-electron chi connectivity index (χ3n) is 6.66. The van der Waals surface area contributed by atoms with Crippen LogP contribution in [0.25, 0.3) is 5.82 Å². The molecule has 1 aromatic carbocycles. The number of hydrogen-bond acceptors (Lipinski definition) is 9. The second-order valence-electron chi connectivity index (χ2n) is 11.5. The summed E-state index contributed by atoms with van der Waals surface area (Å²) >= 11 is 6.39. The van der Waals surface area contributed by atoms with Crippen molar-refractivity contribution in [3.05, 3.63) is 81.0 Å². The molecule has 12 nitrogen and oxygen atoms in total. The van der Waals surface area contributed by atoms with Gasteiger partial charge in [-0.25, -0.2) is 9.67 Å². The second kappa shape index (κ2) is 12.7. The Kier molecular flexibility index (Phi) is 9.05. The summed E-state index contributed by atoms with van der Waals surface area (Å²) in [6.07, 6.45) is -3.44. The van der Waals surface area contributed by atoms with Gasteiger partial charge in [-0.3, -0.25) is 9.59 Å². The van der Waals surface area contributed by atoms with Crippen LogP contribution in [0.3, 0.4) is 0 Å². The molecule has 0 atom stereocenters. The summed E-state index contributed by atoms with van der Waals surface area (Å²) in [4.78, 5) is 32.5. The predicted molar refractivity (Wildman–Crippen MR) is 154 cm³/mol. The molecule has 0 saturated carbocycles. The summed E-state index contributed by atoms with van der Waals surface area (Å²) in [6.45, 7) is 8.02. The fraction of sp³-hybridized carbons (Fsp3) is 0.414. The molecule has 1 amide bonds. The van der Waals surface area contributed by atoms with E-state index in [1.165, 1.54) is 16.9 Å². The SMILES string of the molecule is Cc1cc(C2OCCCO2)cc(C(=O)NC(C)(C)C)c1CC(=O)c1cc(Cn2nnc(C(F)(F)F)n2)nn1-c1ncccc1Cl. The molecule has 3 aromatic heterocycles. The van der Waals surface area contributed by atoms with E-state index in [2.05, 4.69) is 30.8 Å². The molecular formula is C29H30ClF3N8O4. The molecule has 4 aromatic rings. The van der Waals surface area contributed by atoms with Crippen molar-refractivity contribution in [2.75, 3.05) is 13.2 Å². The Labute approximate surface area is 260 Å². The average Bonchev–Trinajstić information content (AvgIpc) is 3.61. The van der Waals surface area contributed by atoms with Crippen LogP contribution in [0.4, 0.5) is 13.2 Å². The number of carbonyl (C=O) groups is 2. The van der Waals surface area contributed by atoms with Crippen LogP contribution in [0.15, 0.2) is 36.5 Å². The minimum absolute atomic E-state index is 0.0337. The topological polar surface area (TPSA) is 139 Å². The van der Waals surface area contributed by atoms with E-state index in [9.17, 15) is 22.8 Å². The van der Waals surface area contributed by atoms with E-state index in [0.717, 1.165) is 11.2 Å². The lowest BCUT2D eigenvalue weighted by molar-refractivity contribution is -0.183. The zero-order valence-corrected chi connectivity index (χ0v) is 25.6. The highest BCUT2D eigenvalue weighted by Gasteiger charge is 2.37. The van der Waals surface area contributed by atoms with Gasteiger partial charge in [0.15, 0.2) is 17.9 Å².